The van der Waals surface area contributed by atoms with Gasteiger partial charge in [-0.3, -0.25) is 0 Å². The Kier molecular flexibility index (Phi) is 5.15. The van der Waals surface area contributed by atoms with Crippen molar-refractivity contribution in [3.8, 4) is 11.1 Å². The van der Waals surface area contributed by atoms with Crippen molar-refractivity contribution in [1.29, 1.82) is 0 Å². The molecule has 0 radical (unpaired) electrons. The maximum atomic E-state index is 11.6. The molecule has 1 N–H and O–H groups in total. The lowest BCUT2D eigenvalue weighted by molar-refractivity contribution is 0.0929. The number of ether oxygens (including phenoxy) is 1. The van der Waals surface area contributed by atoms with Crippen LogP contribution in [0, 0.1) is 0 Å². The molecule has 0 unspecified atom stereocenters. The Morgan fingerprint density at radius 2 is 2.04 bits per heavy atom. The van der Waals surface area contributed by atoms with Crippen LogP contribution in [-0.2, 0) is 11.3 Å². The number of thiophene rings is 1. The first kappa shape index (κ1) is 18.6. The molecule has 146 valence electrons. The Morgan fingerprint density at radius 3 is 2.71 bits per heavy atom. The van der Waals surface area contributed by atoms with Gasteiger partial charge in [0, 0.05) is 24.0 Å². The highest BCUT2D eigenvalue weighted by Gasteiger charge is 2.32. The van der Waals surface area contributed by atoms with Gasteiger partial charge in [0.1, 0.15) is 16.5 Å². The molecule has 0 bridgehead atoms. The number of rotatable bonds is 5. The number of hydrogen-bond acceptors (Lipinski definition) is 7. The Labute approximate surface area is 168 Å². The lowest BCUT2D eigenvalue weighted by atomic mass is 10.1. The number of fused-ring (bicyclic) bond motifs is 1. The van der Waals surface area contributed by atoms with Gasteiger partial charge in [0.15, 0.2) is 0 Å². The van der Waals surface area contributed by atoms with Gasteiger partial charge in [-0.05, 0) is 19.7 Å². The van der Waals surface area contributed by atoms with Crippen molar-refractivity contribution >= 4 is 33.5 Å². The summed E-state index contributed by atoms with van der Waals surface area (Å²) in [4.78, 5) is 25.9. The summed E-state index contributed by atoms with van der Waals surface area (Å²) in [5.74, 6) is 1.61. The van der Waals surface area contributed by atoms with Crippen molar-refractivity contribution in [2.24, 2.45) is 0 Å². The van der Waals surface area contributed by atoms with Crippen LogP contribution in [0.15, 0.2) is 35.7 Å². The summed E-state index contributed by atoms with van der Waals surface area (Å²) in [6.07, 6.45) is -0.292. The topological polar surface area (TPSA) is 70.6 Å². The predicted octanol–water partition coefficient (Wildman–Crippen LogP) is 3.28. The first-order chi connectivity index (χ1) is 13.5. The molecule has 3 heterocycles. The minimum Gasteiger partial charge on any atom is -0.453 e. The van der Waals surface area contributed by atoms with Crippen molar-refractivity contribution in [3.05, 3.63) is 41.5 Å². The molecular formula is C20H23N5O2S. The van der Waals surface area contributed by atoms with Crippen molar-refractivity contribution in [2.45, 2.75) is 12.6 Å². The van der Waals surface area contributed by atoms with Gasteiger partial charge < -0.3 is 19.9 Å². The van der Waals surface area contributed by atoms with Crippen LogP contribution >= 0.6 is 11.3 Å². The number of amides is 1. The minimum absolute atomic E-state index is 0.146. The molecule has 1 fully saturated rings. The van der Waals surface area contributed by atoms with Crippen molar-refractivity contribution in [3.63, 3.8) is 0 Å². The second-order valence-electron chi connectivity index (χ2n) is 7.14. The van der Waals surface area contributed by atoms with E-state index >= 15 is 0 Å². The first-order valence-electron chi connectivity index (χ1n) is 9.13. The average molecular weight is 398 g/mol. The fourth-order valence-electron chi connectivity index (χ4n) is 3.32. The maximum absolute atomic E-state index is 11.6. The normalized spacial score (nSPS) is 14.4. The number of likely N-dealkylation sites (tertiary alicyclic amines) is 1. The summed E-state index contributed by atoms with van der Waals surface area (Å²) in [5.41, 5.74) is 2.27. The zero-order valence-electron chi connectivity index (χ0n) is 16.2. The molecule has 0 atom stereocenters. The van der Waals surface area contributed by atoms with Crippen LogP contribution in [0.3, 0.4) is 0 Å². The summed E-state index contributed by atoms with van der Waals surface area (Å²) in [6, 6.07) is 10.4. The number of aromatic nitrogens is 2. The molecule has 0 aliphatic carbocycles. The lowest BCUT2D eigenvalue weighted by Gasteiger charge is -2.38. The second-order valence-corrected chi connectivity index (χ2v) is 8.00. The van der Waals surface area contributed by atoms with E-state index in [-0.39, 0.29) is 12.1 Å². The number of nitrogens with one attached hydrogen (secondary N) is 1. The van der Waals surface area contributed by atoms with E-state index in [9.17, 15) is 4.79 Å². The SMILES string of the molecule is COC(=O)N1CC(Nc2nc(CN(C)C)nc3scc(-c4ccccc4)c23)C1. The molecule has 1 saturated heterocycles. The van der Waals surface area contributed by atoms with Gasteiger partial charge >= 0.3 is 6.09 Å². The van der Waals surface area contributed by atoms with Crippen LogP contribution in [0.5, 0.6) is 0 Å². The van der Waals surface area contributed by atoms with Crippen LogP contribution in [-0.4, -0.2) is 66.2 Å². The third-order valence-corrected chi connectivity index (χ3v) is 5.55. The van der Waals surface area contributed by atoms with E-state index in [1.54, 1.807) is 16.2 Å². The molecule has 3 aromatic rings. The molecule has 1 aliphatic heterocycles. The molecule has 2 aromatic heterocycles. The van der Waals surface area contributed by atoms with Crippen LogP contribution in [0.2, 0.25) is 0 Å². The standard InChI is InChI=1S/C20H23N5O2S/c1-24(2)11-16-22-18(21-14-9-25(10-14)20(26)27-3)17-15(12-28-19(17)23-16)13-7-5-4-6-8-13/h4-8,12,14H,9-11H2,1-3H3,(H,21,22,23). The van der Waals surface area contributed by atoms with Gasteiger partial charge in [0.05, 0.1) is 25.1 Å². The Hall–Kier alpha value is -2.71. The number of hydrogen-bond donors (Lipinski definition) is 1. The number of benzene rings is 1. The summed E-state index contributed by atoms with van der Waals surface area (Å²) >= 11 is 1.63. The molecule has 8 heteroatoms. The smallest absolute Gasteiger partial charge is 0.409 e. The fraction of sp³-hybridized carbons (Fsp3) is 0.350. The third kappa shape index (κ3) is 3.65. The summed E-state index contributed by atoms with van der Waals surface area (Å²) < 4.78 is 4.78. The lowest BCUT2D eigenvalue weighted by Crippen LogP contribution is -2.57. The van der Waals surface area contributed by atoms with Gasteiger partial charge in [0.25, 0.3) is 0 Å². The maximum Gasteiger partial charge on any atom is 0.409 e. The molecule has 28 heavy (non-hydrogen) atoms. The summed E-state index contributed by atoms with van der Waals surface area (Å²) in [7, 11) is 5.41. The highest BCUT2D eigenvalue weighted by molar-refractivity contribution is 7.17. The van der Waals surface area contributed by atoms with Crippen LogP contribution in [0.25, 0.3) is 21.3 Å². The van der Waals surface area contributed by atoms with E-state index in [0.29, 0.717) is 19.6 Å². The van der Waals surface area contributed by atoms with Crippen LogP contribution < -0.4 is 5.32 Å². The van der Waals surface area contributed by atoms with Crippen molar-refractivity contribution in [1.82, 2.24) is 19.8 Å². The largest absolute Gasteiger partial charge is 0.453 e. The number of nitrogens with zero attached hydrogens (tertiary/aromatic N) is 4. The second kappa shape index (κ2) is 7.73. The van der Waals surface area contributed by atoms with Crippen LogP contribution in [0.4, 0.5) is 10.6 Å². The van der Waals surface area contributed by atoms with E-state index in [2.05, 4.69) is 27.7 Å². The predicted molar refractivity (Wildman–Crippen MR) is 112 cm³/mol. The molecule has 0 saturated carbocycles. The molecule has 1 aliphatic rings. The van der Waals surface area contributed by atoms with Gasteiger partial charge in [-0.15, -0.1) is 11.3 Å². The van der Waals surface area contributed by atoms with Crippen LogP contribution in [0.1, 0.15) is 5.82 Å². The van der Waals surface area contributed by atoms with Crippen molar-refractivity contribution < 1.29 is 9.53 Å². The summed E-state index contributed by atoms with van der Waals surface area (Å²) in [6.45, 7) is 1.88. The molecule has 1 amide bonds. The zero-order valence-corrected chi connectivity index (χ0v) is 17.0. The number of carbonyl (C=O) groups excluding carboxylic acids is 1. The quantitative estimate of drug-likeness (QED) is 0.712. The molecule has 4 rings (SSSR count). The van der Waals surface area contributed by atoms with Gasteiger partial charge in [-0.25, -0.2) is 14.8 Å². The van der Waals surface area contributed by atoms with E-state index in [4.69, 9.17) is 14.7 Å². The van der Waals surface area contributed by atoms with E-state index in [1.165, 1.54) is 7.11 Å². The Morgan fingerprint density at radius 1 is 1.29 bits per heavy atom. The highest BCUT2D eigenvalue weighted by atomic mass is 32.1. The molecular weight excluding hydrogens is 374 g/mol. The molecule has 1 aromatic carbocycles. The zero-order chi connectivity index (χ0) is 19.7. The van der Waals surface area contributed by atoms with E-state index < -0.39 is 0 Å². The van der Waals surface area contributed by atoms with E-state index in [0.717, 1.165) is 33.0 Å². The monoisotopic (exact) mass is 397 g/mol. The molecule has 0 spiro atoms. The molecule has 7 nitrogen and oxygen atoms in total. The van der Waals surface area contributed by atoms with Gasteiger partial charge in [-0.1, -0.05) is 30.3 Å². The first-order valence-corrected chi connectivity index (χ1v) is 10.0. The number of carbonyl (C=O) groups is 1. The van der Waals surface area contributed by atoms with Gasteiger partial charge in [-0.2, -0.15) is 0 Å². The average Bonchev–Trinajstić information content (AvgIpc) is 3.08. The third-order valence-electron chi connectivity index (χ3n) is 4.68. The number of methoxy groups -OCH3 is 1. The van der Waals surface area contributed by atoms with Gasteiger partial charge in [0.2, 0.25) is 0 Å². The fourth-order valence-corrected chi connectivity index (χ4v) is 4.28. The minimum atomic E-state index is -0.292. The Balaban J connectivity index is 1.69. The van der Waals surface area contributed by atoms with Crippen molar-refractivity contribution in [2.75, 3.05) is 39.6 Å². The summed E-state index contributed by atoms with van der Waals surface area (Å²) in [5, 5.41) is 6.70. The van der Waals surface area contributed by atoms with E-state index in [1.807, 2.05) is 32.3 Å². The number of anilines is 1. The highest BCUT2D eigenvalue weighted by Crippen LogP contribution is 2.37. The Bertz CT molecular complexity index is 983.